The first-order valence-electron chi connectivity index (χ1n) is 5.40. The van der Waals surface area contributed by atoms with E-state index in [1.165, 1.54) is 17.7 Å². The summed E-state index contributed by atoms with van der Waals surface area (Å²) < 4.78 is 0. The number of nitrogens with one attached hydrogen (secondary N) is 2. The molecule has 1 atom stereocenters. The van der Waals surface area contributed by atoms with Gasteiger partial charge in [0.05, 0.1) is 0 Å². The van der Waals surface area contributed by atoms with Gasteiger partial charge in [-0.2, -0.15) is 0 Å². The molecule has 14 heavy (non-hydrogen) atoms. The number of hydrogen-bond acceptors (Lipinski definition) is 3. The molecule has 1 aliphatic rings. The van der Waals surface area contributed by atoms with Crippen LogP contribution in [0.15, 0.2) is 17.5 Å². The fraction of sp³-hybridized carbons (Fsp3) is 0.636. The molecule has 1 aromatic rings. The molecule has 0 aromatic carbocycles. The van der Waals surface area contributed by atoms with Crippen molar-refractivity contribution in [3.05, 3.63) is 22.4 Å². The van der Waals surface area contributed by atoms with Crippen LogP contribution in [0, 0.1) is 0 Å². The molecule has 1 aromatic heterocycles. The lowest BCUT2D eigenvalue weighted by molar-refractivity contribution is 0.322. The van der Waals surface area contributed by atoms with E-state index in [1.807, 2.05) is 11.3 Å². The average molecular weight is 210 g/mol. The first kappa shape index (κ1) is 10.1. The van der Waals surface area contributed by atoms with Crippen LogP contribution in [0.4, 0.5) is 0 Å². The lowest BCUT2D eigenvalue weighted by Gasteiger charge is -2.32. The zero-order chi connectivity index (χ0) is 9.80. The van der Waals surface area contributed by atoms with Crippen LogP contribution in [0.1, 0.15) is 30.7 Å². The monoisotopic (exact) mass is 210 g/mol. The van der Waals surface area contributed by atoms with Crippen molar-refractivity contribution in [2.24, 2.45) is 0 Å². The van der Waals surface area contributed by atoms with Crippen molar-refractivity contribution >= 4 is 11.3 Å². The second kappa shape index (κ2) is 4.91. The van der Waals surface area contributed by atoms with Gasteiger partial charge in [-0.1, -0.05) is 19.4 Å². The third-order valence-electron chi connectivity index (χ3n) is 2.68. The quantitative estimate of drug-likeness (QED) is 0.778. The lowest BCUT2D eigenvalue weighted by Crippen LogP contribution is -2.56. The number of hydrogen-bond donors (Lipinski definition) is 2. The standard InChI is InChI=1S/C11H18N2S/c1-2-4-10(11-5-3-6-14-11)13-9-7-12-8-9/h3,5-6,9-10,12-13H,2,4,7-8H2,1H3. The van der Waals surface area contributed by atoms with Crippen LogP contribution in [-0.2, 0) is 0 Å². The van der Waals surface area contributed by atoms with Crippen LogP contribution >= 0.6 is 11.3 Å². The molecule has 1 aliphatic heterocycles. The molecule has 1 saturated heterocycles. The Labute approximate surface area is 89.7 Å². The molecule has 78 valence electrons. The highest BCUT2D eigenvalue weighted by molar-refractivity contribution is 7.10. The van der Waals surface area contributed by atoms with Gasteiger partial charge in [0.15, 0.2) is 0 Å². The second-order valence-corrected chi connectivity index (χ2v) is 4.86. The van der Waals surface area contributed by atoms with Gasteiger partial charge in [-0.15, -0.1) is 11.3 Å². The molecule has 3 heteroatoms. The van der Waals surface area contributed by atoms with E-state index in [4.69, 9.17) is 0 Å². The molecule has 0 saturated carbocycles. The summed E-state index contributed by atoms with van der Waals surface area (Å²) >= 11 is 1.86. The van der Waals surface area contributed by atoms with Crippen molar-refractivity contribution in [1.29, 1.82) is 0 Å². The van der Waals surface area contributed by atoms with E-state index in [0.717, 1.165) is 13.1 Å². The summed E-state index contributed by atoms with van der Waals surface area (Å²) in [7, 11) is 0. The third kappa shape index (κ3) is 2.35. The minimum atomic E-state index is 0.576. The van der Waals surface area contributed by atoms with Crippen molar-refractivity contribution in [2.45, 2.75) is 31.8 Å². The number of thiophene rings is 1. The molecule has 2 heterocycles. The van der Waals surface area contributed by atoms with Gasteiger partial charge < -0.3 is 10.6 Å². The molecule has 2 N–H and O–H groups in total. The Kier molecular flexibility index (Phi) is 3.56. The highest BCUT2D eigenvalue weighted by atomic mass is 32.1. The SMILES string of the molecule is CCCC(NC1CNC1)c1cccs1. The first-order chi connectivity index (χ1) is 6.90. The normalized spacial score (nSPS) is 19.2. The largest absolute Gasteiger partial charge is 0.314 e. The van der Waals surface area contributed by atoms with Gasteiger partial charge in [0.25, 0.3) is 0 Å². The third-order valence-corrected chi connectivity index (χ3v) is 3.67. The Morgan fingerprint density at radius 1 is 1.64 bits per heavy atom. The summed E-state index contributed by atoms with van der Waals surface area (Å²) in [4.78, 5) is 1.48. The molecule has 0 spiro atoms. The molecule has 0 bridgehead atoms. The minimum absolute atomic E-state index is 0.576. The van der Waals surface area contributed by atoms with E-state index in [-0.39, 0.29) is 0 Å². The zero-order valence-electron chi connectivity index (χ0n) is 8.62. The Hall–Kier alpha value is -0.380. The molecular weight excluding hydrogens is 192 g/mol. The summed E-state index contributed by atoms with van der Waals surface area (Å²) in [5.41, 5.74) is 0. The fourth-order valence-corrected chi connectivity index (χ4v) is 2.60. The van der Waals surface area contributed by atoms with Gasteiger partial charge in [-0.25, -0.2) is 0 Å². The van der Waals surface area contributed by atoms with Crippen molar-refractivity contribution in [3.63, 3.8) is 0 Å². The molecule has 2 nitrogen and oxygen atoms in total. The Morgan fingerprint density at radius 2 is 2.50 bits per heavy atom. The van der Waals surface area contributed by atoms with E-state index in [9.17, 15) is 0 Å². The second-order valence-electron chi connectivity index (χ2n) is 3.88. The van der Waals surface area contributed by atoms with E-state index in [1.54, 1.807) is 0 Å². The first-order valence-corrected chi connectivity index (χ1v) is 6.28. The maximum Gasteiger partial charge on any atom is 0.0417 e. The van der Waals surface area contributed by atoms with Crippen LogP contribution in [-0.4, -0.2) is 19.1 Å². The van der Waals surface area contributed by atoms with E-state index >= 15 is 0 Å². The predicted octanol–water partition coefficient (Wildman–Crippen LogP) is 2.15. The summed E-state index contributed by atoms with van der Waals surface area (Å²) in [6.07, 6.45) is 2.49. The highest BCUT2D eigenvalue weighted by Crippen LogP contribution is 2.23. The van der Waals surface area contributed by atoms with E-state index in [0.29, 0.717) is 12.1 Å². The highest BCUT2D eigenvalue weighted by Gasteiger charge is 2.21. The van der Waals surface area contributed by atoms with Crippen molar-refractivity contribution in [3.8, 4) is 0 Å². The van der Waals surface area contributed by atoms with Crippen LogP contribution in [0.2, 0.25) is 0 Å². The van der Waals surface area contributed by atoms with Gasteiger partial charge in [-0.3, -0.25) is 0 Å². The maximum atomic E-state index is 3.70. The fourth-order valence-electron chi connectivity index (χ4n) is 1.78. The van der Waals surface area contributed by atoms with Gasteiger partial charge in [0, 0.05) is 30.1 Å². The zero-order valence-corrected chi connectivity index (χ0v) is 9.44. The summed E-state index contributed by atoms with van der Waals surface area (Å²) in [6, 6.07) is 5.65. The molecular formula is C11H18N2S. The van der Waals surface area contributed by atoms with Gasteiger partial charge in [0.1, 0.15) is 0 Å². The summed E-state index contributed by atoms with van der Waals surface area (Å²) in [6.45, 7) is 4.51. The van der Waals surface area contributed by atoms with E-state index in [2.05, 4.69) is 35.1 Å². The Balaban J connectivity index is 1.92. The Bertz CT molecular complexity index is 254. The molecule has 0 aliphatic carbocycles. The minimum Gasteiger partial charge on any atom is -0.314 e. The van der Waals surface area contributed by atoms with E-state index < -0.39 is 0 Å². The van der Waals surface area contributed by atoms with Crippen LogP contribution in [0.3, 0.4) is 0 Å². The molecule has 0 amide bonds. The Morgan fingerprint density at radius 3 is 3.00 bits per heavy atom. The van der Waals surface area contributed by atoms with Crippen LogP contribution in [0.5, 0.6) is 0 Å². The molecule has 2 rings (SSSR count). The molecule has 1 unspecified atom stereocenters. The maximum absolute atomic E-state index is 3.70. The van der Waals surface area contributed by atoms with Crippen LogP contribution < -0.4 is 10.6 Å². The van der Waals surface area contributed by atoms with Gasteiger partial charge in [-0.05, 0) is 17.9 Å². The van der Waals surface area contributed by atoms with Crippen LogP contribution in [0.25, 0.3) is 0 Å². The number of rotatable bonds is 5. The smallest absolute Gasteiger partial charge is 0.0417 e. The van der Waals surface area contributed by atoms with Gasteiger partial charge >= 0.3 is 0 Å². The summed E-state index contributed by atoms with van der Waals surface area (Å²) in [5, 5.41) is 9.16. The average Bonchev–Trinajstić information content (AvgIpc) is 2.61. The molecule has 1 fully saturated rings. The topological polar surface area (TPSA) is 24.1 Å². The summed E-state index contributed by atoms with van der Waals surface area (Å²) in [5.74, 6) is 0. The predicted molar refractivity (Wildman–Crippen MR) is 61.8 cm³/mol. The van der Waals surface area contributed by atoms with Crippen molar-refractivity contribution < 1.29 is 0 Å². The van der Waals surface area contributed by atoms with Crippen molar-refractivity contribution in [2.75, 3.05) is 13.1 Å². The van der Waals surface area contributed by atoms with Crippen molar-refractivity contribution in [1.82, 2.24) is 10.6 Å². The molecule has 0 radical (unpaired) electrons. The van der Waals surface area contributed by atoms with Gasteiger partial charge in [0.2, 0.25) is 0 Å². The lowest BCUT2D eigenvalue weighted by atomic mass is 10.1.